The van der Waals surface area contributed by atoms with Crippen molar-refractivity contribution in [1.29, 1.82) is 5.26 Å². The molecule has 0 saturated heterocycles. The van der Waals surface area contributed by atoms with Crippen molar-refractivity contribution < 1.29 is 4.79 Å². The van der Waals surface area contributed by atoms with Crippen LogP contribution < -0.4 is 5.32 Å². The summed E-state index contributed by atoms with van der Waals surface area (Å²) in [6.07, 6.45) is 5.71. The number of carbonyl (C=O) groups is 1. The average Bonchev–Trinajstić information content (AvgIpc) is 2.74. The molecule has 5 nitrogen and oxygen atoms in total. The molecule has 0 spiro atoms. The molecule has 1 atom stereocenters. The summed E-state index contributed by atoms with van der Waals surface area (Å²) in [6, 6.07) is 1.32. The third kappa shape index (κ3) is 2.14. The fraction of sp³-hybridized carbons (Fsp3) is 0.214. The number of nitriles is 1. The lowest BCUT2D eigenvalue weighted by molar-refractivity contribution is -0.109. The summed E-state index contributed by atoms with van der Waals surface area (Å²) in [7, 11) is 1.89. The average molecular weight is 252 g/mol. The first-order valence-electron chi connectivity index (χ1n) is 5.68. The van der Waals surface area contributed by atoms with E-state index in [1.807, 2.05) is 17.8 Å². The molecule has 0 fully saturated rings. The van der Waals surface area contributed by atoms with Crippen LogP contribution in [0.5, 0.6) is 0 Å². The molecule has 1 unspecified atom stereocenters. The Morgan fingerprint density at radius 3 is 2.95 bits per heavy atom. The van der Waals surface area contributed by atoms with Crippen molar-refractivity contribution in [2.75, 3.05) is 0 Å². The Bertz CT molecular complexity index is 727. The fourth-order valence-electron chi connectivity index (χ4n) is 2.07. The van der Waals surface area contributed by atoms with Gasteiger partial charge < -0.3 is 9.88 Å². The lowest BCUT2D eigenvalue weighted by atomic mass is 10.0. The molecule has 1 amide bonds. The molecule has 2 rings (SSSR count). The fourth-order valence-corrected chi connectivity index (χ4v) is 2.07. The predicted octanol–water partition coefficient (Wildman–Crippen LogP) is 1.26. The topological polar surface area (TPSA) is 70.7 Å². The van der Waals surface area contributed by atoms with Crippen molar-refractivity contribution >= 4 is 17.3 Å². The lowest BCUT2D eigenvalue weighted by Gasteiger charge is -2.09. The van der Waals surface area contributed by atoms with E-state index < -0.39 is 6.04 Å². The van der Waals surface area contributed by atoms with Crippen LogP contribution in [0.4, 0.5) is 0 Å². The van der Waals surface area contributed by atoms with Gasteiger partial charge in [0.15, 0.2) is 0 Å². The highest BCUT2D eigenvalue weighted by atomic mass is 16.1. The highest BCUT2D eigenvalue weighted by Gasteiger charge is 2.17. The van der Waals surface area contributed by atoms with Crippen molar-refractivity contribution in [1.82, 2.24) is 14.9 Å². The Kier molecular flexibility index (Phi) is 3.49. The summed E-state index contributed by atoms with van der Waals surface area (Å²) in [6.45, 7) is 1.76. The summed E-state index contributed by atoms with van der Waals surface area (Å²) >= 11 is 0. The number of aromatic nitrogens is 2. The molecule has 5 heteroatoms. The van der Waals surface area contributed by atoms with E-state index in [0.29, 0.717) is 12.0 Å². The van der Waals surface area contributed by atoms with Gasteiger partial charge in [0.1, 0.15) is 6.04 Å². The molecule has 2 aromatic heterocycles. The number of carbonyl (C=O) groups excluding carboxylic acids is 1. The maximum Gasteiger partial charge on any atom is 0.208 e. The van der Waals surface area contributed by atoms with Crippen molar-refractivity contribution in [2.45, 2.75) is 13.0 Å². The molecule has 0 radical (unpaired) electrons. The largest absolute Gasteiger partial charge is 0.348 e. The first-order valence-corrected chi connectivity index (χ1v) is 5.68. The molecule has 0 aliphatic rings. The van der Waals surface area contributed by atoms with Gasteiger partial charge in [0.05, 0.1) is 23.3 Å². The number of aryl methyl sites for hydroxylation is 1. The zero-order valence-electron chi connectivity index (χ0n) is 10.6. The van der Waals surface area contributed by atoms with Gasteiger partial charge in [-0.05, 0) is 6.92 Å². The van der Waals surface area contributed by atoms with E-state index in [2.05, 4.69) is 28.2 Å². The van der Waals surface area contributed by atoms with Gasteiger partial charge in [-0.25, -0.2) is 0 Å². The van der Waals surface area contributed by atoms with Gasteiger partial charge in [-0.3, -0.25) is 9.78 Å². The van der Waals surface area contributed by atoms with Crippen LogP contribution in [-0.4, -0.2) is 16.0 Å². The molecular weight excluding hydrogens is 240 g/mol. The SMILES string of the molecule is CC#Cc1cn(C)c2cncc(C(C#N)NC=O)c12. The smallest absolute Gasteiger partial charge is 0.208 e. The lowest BCUT2D eigenvalue weighted by Crippen LogP contribution is -2.18. The van der Waals surface area contributed by atoms with E-state index in [-0.39, 0.29) is 0 Å². The summed E-state index contributed by atoms with van der Waals surface area (Å²) in [5.41, 5.74) is 2.36. The molecule has 0 aromatic carbocycles. The quantitative estimate of drug-likeness (QED) is 0.660. The second-order valence-corrected chi connectivity index (χ2v) is 4.00. The maximum absolute atomic E-state index is 10.6. The van der Waals surface area contributed by atoms with E-state index in [0.717, 1.165) is 16.5 Å². The Balaban J connectivity index is 2.76. The molecule has 0 saturated carbocycles. The van der Waals surface area contributed by atoms with Gasteiger partial charge in [0.25, 0.3) is 0 Å². The van der Waals surface area contributed by atoms with Gasteiger partial charge in [-0.2, -0.15) is 5.26 Å². The number of fused-ring (bicyclic) bond motifs is 1. The Morgan fingerprint density at radius 2 is 2.32 bits per heavy atom. The predicted molar refractivity (Wildman–Crippen MR) is 70.8 cm³/mol. The monoisotopic (exact) mass is 252 g/mol. The molecular formula is C14H12N4O. The van der Waals surface area contributed by atoms with Crippen LogP contribution in [0, 0.1) is 23.2 Å². The molecule has 0 aliphatic heterocycles. The first kappa shape index (κ1) is 12.7. The first-order chi connectivity index (χ1) is 9.22. The van der Waals surface area contributed by atoms with Crippen molar-refractivity contribution in [3.8, 4) is 17.9 Å². The molecule has 94 valence electrons. The molecule has 1 N–H and O–H groups in total. The summed E-state index contributed by atoms with van der Waals surface area (Å²) in [5, 5.41) is 12.5. The van der Waals surface area contributed by atoms with Crippen LogP contribution in [0.15, 0.2) is 18.6 Å². The minimum Gasteiger partial charge on any atom is -0.348 e. The zero-order chi connectivity index (χ0) is 13.8. The van der Waals surface area contributed by atoms with E-state index in [1.165, 1.54) is 0 Å². The van der Waals surface area contributed by atoms with Gasteiger partial charge in [0, 0.05) is 30.4 Å². The summed E-state index contributed by atoms with van der Waals surface area (Å²) in [5.74, 6) is 5.86. The molecule has 0 aliphatic carbocycles. The number of hydrogen-bond acceptors (Lipinski definition) is 3. The second kappa shape index (κ2) is 5.24. The third-order valence-electron chi connectivity index (χ3n) is 2.86. The molecule has 2 heterocycles. The summed E-state index contributed by atoms with van der Waals surface area (Å²) < 4.78 is 1.90. The molecule has 19 heavy (non-hydrogen) atoms. The Morgan fingerprint density at radius 1 is 1.53 bits per heavy atom. The van der Waals surface area contributed by atoms with Crippen LogP contribution in [-0.2, 0) is 11.8 Å². The van der Waals surface area contributed by atoms with E-state index >= 15 is 0 Å². The van der Waals surface area contributed by atoms with Crippen LogP contribution in [0.2, 0.25) is 0 Å². The van der Waals surface area contributed by atoms with Crippen LogP contribution in [0.25, 0.3) is 10.9 Å². The zero-order valence-corrected chi connectivity index (χ0v) is 10.6. The minimum absolute atomic E-state index is 0.515. The van der Waals surface area contributed by atoms with Gasteiger partial charge in [0.2, 0.25) is 6.41 Å². The van der Waals surface area contributed by atoms with Crippen molar-refractivity contribution in [2.24, 2.45) is 7.05 Å². The number of pyridine rings is 1. The highest BCUT2D eigenvalue weighted by molar-refractivity contribution is 5.90. The van der Waals surface area contributed by atoms with E-state index in [9.17, 15) is 4.79 Å². The number of nitrogens with one attached hydrogen (secondary N) is 1. The Hall–Kier alpha value is -2.79. The third-order valence-corrected chi connectivity index (χ3v) is 2.86. The van der Waals surface area contributed by atoms with Crippen LogP contribution in [0.3, 0.4) is 0 Å². The van der Waals surface area contributed by atoms with Crippen LogP contribution in [0.1, 0.15) is 24.1 Å². The van der Waals surface area contributed by atoms with E-state index in [4.69, 9.17) is 5.26 Å². The van der Waals surface area contributed by atoms with Gasteiger partial charge in [-0.15, -0.1) is 5.92 Å². The van der Waals surface area contributed by atoms with E-state index in [1.54, 1.807) is 19.3 Å². The number of amides is 1. The maximum atomic E-state index is 10.6. The number of rotatable bonds is 3. The number of nitrogens with zero attached hydrogens (tertiary/aromatic N) is 3. The second-order valence-electron chi connectivity index (χ2n) is 4.00. The summed E-state index contributed by atoms with van der Waals surface area (Å²) in [4.78, 5) is 14.7. The van der Waals surface area contributed by atoms with Gasteiger partial charge >= 0.3 is 0 Å². The highest BCUT2D eigenvalue weighted by Crippen LogP contribution is 2.27. The minimum atomic E-state index is -0.728. The van der Waals surface area contributed by atoms with Crippen molar-refractivity contribution in [3.05, 3.63) is 29.7 Å². The standard InChI is InChI=1S/C14H12N4O/c1-3-4-10-8-18(2)13-7-16-6-11(14(10)13)12(5-15)17-9-19/h6-9,12H,1-2H3,(H,17,19). The molecule has 0 bridgehead atoms. The van der Waals surface area contributed by atoms with Gasteiger partial charge in [-0.1, -0.05) is 5.92 Å². The Labute approximate surface area is 110 Å². The normalized spacial score (nSPS) is 11.2. The van der Waals surface area contributed by atoms with Crippen molar-refractivity contribution in [3.63, 3.8) is 0 Å². The molecule has 2 aromatic rings. The number of hydrogen-bond donors (Lipinski definition) is 1. The van der Waals surface area contributed by atoms with Crippen LogP contribution >= 0.6 is 0 Å².